The summed E-state index contributed by atoms with van der Waals surface area (Å²) in [7, 11) is 1.77. The van der Waals surface area contributed by atoms with E-state index in [1.807, 2.05) is 37.3 Å². The standard InChI is InChI=1S/C32H49NO2/c1-4-5-6-7-8-9-10-11-12-13-14-15-16-17-18-19-20-21-25-28-31(34)33(3)29(2)32(35)30-26-23-22-24-27-30/h11-12,14-15,17-18,20-24,26-27,29,32,35H,4-10,13,16,19,25,28H2,1-3H3/b12-11-,15-14-,18-17-,21-20-. The molecule has 1 N–H and O–H groups in total. The van der Waals surface area contributed by atoms with Gasteiger partial charge < -0.3 is 10.0 Å². The van der Waals surface area contributed by atoms with Gasteiger partial charge in [-0.15, -0.1) is 0 Å². The van der Waals surface area contributed by atoms with Crippen LogP contribution in [-0.2, 0) is 4.79 Å². The third-order valence-electron chi connectivity index (χ3n) is 6.33. The van der Waals surface area contributed by atoms with Crippen molar-refractivity contribution in [2.75, 3.05) is 7.05 Å². The number of unbranched alkanes of at least 4 members (excludes halogenated alkanes) is 6. The molecular formula is C32H49NO2. The summed E-state index contributed by atoms with van der Waals surface area (Å²) < 4.78 is 0. The number of nitrogens with zero attached hydrogens (tertiary/aromatic N) is 1. The van der Waals surface area contributed by atoms with E-state index in [9.17, 15) is 9.90 Å². The molecule has 194 valence electrons. The number of allylic oxidation sites excluding steroid dienone is 8. The summed E-state index contributed by atoms with van der Waals surface area (Å²) in [6.07, 6.45) is 30.3. The van der Waals surface area contributed by atoms with Crippen LogP contribution in [0.1, 0.15) is 103 Å². The van der Waals surface area contributed by atoms with Crippen LogP contribution in [-0.4, -0.2) is 29.0 Å². The first-order valence-corrected chi connectivity index (χ1v) is 13.7. The molecule has 0 fully saturated rings. The van der Waals surface area contributed by atoms with Gasteiger partial charge >= 0.3 is 0 Å². The summed E-state index contributed by atoms with van der Waals surface area (Å²) in [6.45, 7) is 4.15. The Kier molecular flexibility index (Phi) is 18.3. The smallest absolute Gasteiger partial charge is 0.222 e. The summed E-state index contributed by atoms with van der Waals surface area (Å²) >= 11 is 0. The number of rotatable bonds is 19. The number of hydrogen-bond acceptors (Lipinski definition) is 2. The van der Waals surface area contributed by atoms with E-state index in [0.717, 1.165) is 31.2 Å². The highest BCUT2D eigenvalue weighted by Gasteiger charge is 2.23. The van der Waals surface area contributed by atoms with Crippen molar-refractivity contribution >= 4 is 5.91 Å². The molecule has 2 unspecified atom stereocenters. The van der Waals surface area contributed by atoms with Crippen LogP contribution in [0.2, 0.25) is 0 Å². The molecule has 35 heavy (non-hydrogen) atoms. The summed E-state index contributed by atoms with van der Waals surface area (Å²) in [5.41, 5.74) is 0.834. The number of amides is 1. The molecule has 0 aromatic heterocycles. The molecule has 0 saturated carbocycles. The highest BCUT2D eigenvalue weighted by atomic mass is 16.3. The van der Waals surface area contributed by atoms with Gasteiger partial charge in [-0.2, -0.15) is 0 Å². The second-order valence-corrected chi connectivity index (χ2v) is 9.29. The lowest BCUT2D eigenvalue weighted by atomic mass is 10.0. The normalized spacial score (nSPS) is 13.9. The van der Waals surface area contributed by atoms with Crippen molar-refractivity contribution < 1.29 is 9.90 Å². The van der Waals surface area contributed by atoms with Crippen LogP contribution in [0.4, 0.5) is 0 Å². The molecule has 0 bridgehead atoms. The van der Waals surface area contributed by atoms with Crippen molar-refractivity contribution in [1.29, 1.82) is 0 Å². The third-order valence-corrected chi connectivity index (χ3v) is 6.33. The van der Waals surface area contributed by atoms with E-state index in [1.165, 1.54) is 44.9 Å². The van der Waals surface area contributed by atoms with Crippen molar-refractivity contribution in [3.05, 3.63) is 84.5 Å². The second kappa shape index (κ2) is 20.9. The monoisotopic (exact) mass is 479 g/mol. The van der Waals surface area contributed by atoms with Crippen molar-refractivity contribution in [2.45, 2.75) is 103 Å². The molecule has 1 rings (SSSR count). The molecule has 0 aliphatic heterocycles. The van der Waals surface area contributed by atoms with Gasteiger partial charge in [0, 0.05) is 13.5 Å². The Labute approximate surface area is 215 Å². The highest BCUT2D eigenvalue weighted by Crippen LogP contribution is 2.20. The molecule has 0 aliphatic rings. The number of aliphatic hydroxyl groups is 1. The summed E-state index contributed by atoms with van der Waals surface area (Å²) in [4.78, 5) is 14.1. The maximum Gasteiger partial charge on any atom is 0.222 e. The average Bonchev–Trinajstić information content (AvgIpc) is 2.89. The average molecular weight is 480 g/mol. The van der Waals surface area contributed by atoms with Crippen molar-refractivity contribution in [3.63, 3.8) is 0 Å². The Hall–Kier alpha value is -2.39. The zero-order valence-corrected chi connectivity index (χ0v) is 22.4. The number of carbonyl (C=O) groups excluding carboxylic acids is 1. The Morgan fingerprint density at radius 2 is 1.31 bits per heavy atom. The minimum absolute atomic E-state index is 0.0545. The number of carbonyl (C=O) groups is 1. The van der Waals surface area contributed by atoms with Gasteiger partial charge in [-0.1, -0.05) is 118 Å². The molecular weight excluding hydrogens is 430 g/mol. The van der Waals surface area contributed by atoms with Gasteiger partial charge in [0.2, 0.25) is 5.91 Å². The Balaban J connectivity index is 2.08. The number of aliphatic hydroxyl groups excluding tert-OH is 1. The molecule has 0 aliphatic carbocycles. The number of hydrogen-bond donors (Lipinski definition) is 1. The minimum atomic E-state index is -0.680. The van der Waals surface area contributed by atoms with Crippen LogP contribution in [0.3, 0.4) is 0 Å². The molecule has 3 nitrogen and oxygen atoms in total. The van der Waals surface area contributed by atoms with Crippen molar-refractivity contribution in [2.24, 2.45) is 0 Å². The lowest BCUT2D eigenvalue weighted by Crippen LogP contribution is -2.38. The predicted octanol–water partition coefficient (Wildman–Crippen LogP) is 8.49. The topological polar surface area (TPSA) is 40.5 Å². The summed E-state index contributed by atoms with van der Waals surface area (Å²) in [6, 6.07) is 9.24. The van der Waals surface area contributed by atoms with E-state index in [-0.39, 0.29) is 11.9 Å². The molecule has 0 spiro atoms. The molecule has 0 radical (unpaired) electrons. The van der Waals surface area contributed by atoms with Gasteiger partial charge in [-0.05, 0) is 51.0 Å². The zero-order valence-electron chi connectivity index (χ0n) is 22.4. The molecule has 3 heteroatoms. The fourth-order valence-corrected chi connectivity index (χ4v) is 3.84. The SMILES string of the molecule is CCCCCCCC/C=C\C/C=C\C/C=C\C/C=C\CCC(=O)N(C)C(C)C(O)c1ccccc1. The lowest BCUT2D eigenvalue weighted by molar-refractivity contribution is -0.133. The van der Waals surface area contributed by atoms with Crippen LogP contribution < -0.4 is 0 Å². The quantitative estimate of drug-likeness (QED) is 0.160. The second-order valence-electron chi connectivity index (χ2n) is 9.29. The summed E-state index contributed by atoms with van der Waals surface area (Å²) in [5, 5.41) is 10.5. The summed E-state index contributed by atoms with van der Waals surface area (Å²) in [5.74, 6) is 0.0545. The molecule has 0 saturated heterocycles. The van der Waals surface area contributed by atoms with E-state index in [4.69, 9.17) is 0 Å². The van der Waals surface area contributed by atoms with Gasteiger partial charge in [-0.25, -0.2) is 0 Å². The van der Waals surface area contributed by atoms with Gasteiger partial charge in [0.1, 0.15) is 0 Å². The number of likely N-dealkylation sites (N-methyl/N-ethyl adjacent to an activating group) is 1. The zero-order chi connectivity index (χ0) is 25.6. The predicted molar refractivity (Wildman–Crippen MR) is 151 cm³/mol. The minimum Gasteiger partial charge on any atom is -0.386 e. The van der Waals surface area contributed by atoms with Gasteiger partial charge in [-0.3, -0.25) is 4.79 Å². The van der Waals surface area contributed by atoms with Crippen LogP contribution in [0, 0.1) is 0 Å². The first-order valence-electron chi connectivity index (χ1n) is 13.7. The van der Waals surface area contributed by atoms with E-state index in [0.29, 0.717) is 6.42 Å². The fraction of sp³-hybridized carbons (Fsp3) is 0.531. The van der Waals surface area contributed by atoms with Crippen molar-refractivity contribution in [1.82, 2.24) is 4.90 Å². The van der Waals surface area contributed by atoms with Crippen LogP contribution >= 0.6 is 0 Å². The highest BCUT2D eigenvalue weighted by molar-refractivity contribution is 5.76. The van der Waals surface area contributed by atoms with E-state index in [1.54, 1.807) is 11.9 Å². The first kappa shape index (κ1) is 30.6. The molecule has 2 atom stereocenters. The van der Waals surface area contributed by atoms with Crippen LogP contribution in [0.25, 0.3) is 0 Å². The molecule has 1 aromatic rings. The fourth-order valence-electron chi connectivity index (χ4n) is 3.84. The third kappa shape index (κ3) is 15.3. The Morgan fingerprint density at radius 1 is 0.800 bits per heavy atom. The molecule has 1 aromatic carbocycles. The lowest BCUT2D eigenvalue weighted by Gasteiger charge is -2.29. The van der Waals surface area contributed by atoms with Gasteiger partial charge in [0.05, 0.1) is 12.1 Å². The van der Waals surface area contributed by atoms with Crippen LogP contribution in [0.5, 0.6) is 0 Å². The van der Waals surface area contributed by atoms with Crippen molar-refractivity contribution in [3.8, 4) is 0 Å². The van der Waals surface area contributed by atoms with Crippen LogP contribution in [0.15, 0.2) is 78.9 Å². The number of benzene rings is 1. The maximum absolute atomic E-state index is 12.5. The Morgan fingerprint density at radius 3 is 1.91 bits per heavy atom. The molecule has 0 heterocycles. The maximum atomic E-state index is 12.5. The van der Waals surface area contributed by atoms with E-state index < -0.39 is 6.10 Å². The van der Waals surface area contributed by atoms with Gasteiger partial charge in [0.15, 0.2) is 0 Å². The Bertz CT molecular complexity index is 763. The van der Waals surface area contributed by atoms with E-state index in [2.05, 4.69) is 55.5 Å². The largest absolute Gasteiger partial charge is 0.386 e. The first-order chi connectivity index (χ1) is 17.1. The van der Waals surface area contributed by atoms with Gasteiger partial charge in [0.25, 0.3) is 0 Å². The molecule has 1 amide bonds. The van der Waals surface area contributed by atoms with E-state index >= 15 is 0 Å².